The van der Waals surface area contributed by atoms with Crippen molar-refractivity contribution in [2.45, 2.75) is 20.8 Å². The molecule has 1 aliphatic heterocycles. The van der Waals surface area contributed by atoms with Crippen molar-refractivity contribution in [2.24, 2.45) is 0 Å². The van der Waals surface area contributed by atoms with E-state index >= 15 is 0 Å². The summed E-state index contributed by atoms with van der Waals surface area (Å²) >= 11 is 0. The van der Waals surface area contributed by atoms with Crippen molar-refractivity contribution in [3.05, 3.63) is 22.6 Å². The van der Waals surface area contributed by atoms with Gasteiger partial charge in [0.2, 0.25) is 0 Å². The Morgan fingerprint density at radius 3 is 2.18 bits per heavy atom. The Morgan fingerprint density at radius 2 is 2.00 bits per heavy atom. The summed E-state index contributed by atoms with van der Waals surface area (Å²) in [4.78, 5) is 11.1. The lowest BCUT2D eigenvalue weighted by Crippen LogP contribution is -2.15. The molecule has 2 N–H and O–H groups in total. The third-order valence-corrected chi connectivity index (χ3v) is 1.83. The van der Waals surface area contributed by atoms with Gasteiger partial charge in [0, 0.05) is 5.70 Å². The van der Waals surface area contributed by atoms with Crippen LogP contribution in [0.25, 0.3) is 0 Å². The minimum absolute atomic E-state index is 0.0804. The van der Waals surface area contributed by atoms with Crippen molar-refractivity contribution < 1.29 is 9.90 Å². The highest BCUT2D eigenvalue weighted by molar-refractivity contribution is 6.02. The number of amides is 1. The van der Waals surface area contributed by atoms with E-state index in [4.69, 9.17) is 5.11 Å². The maximum absolute atomic E-state index is 11.1. The third kappa shape index (κ3) is 1.13. The molecule has 0 aliphatic carbocycles. The predicted molar refractivity (Wildman–Crippen MR) is 41.8 cm³/mol. The van der Waals surface area contributed by atoms with Crippen molar-refractivity contribution in [1.29, 1.82) is 0 Å². The third-order valence-electron chi connectivity index (χ3n) is 1.83. The molecule has 0 saturated heterocycles. The molecule has 3 heteroatoms. The largest absolute Gasteiger partial charge is 0.512 e. The summed E-state index contributed by atoms with van der Waals surface area (Å²) in [6, 6.07) is 0. The monoisotopic (exact) mass is 153 g/mol. The fourth-order valence-electron chi connectivity index (χ4n) is 1.12. The highest BCUT2D eigenvalue weighted by Crippen LogP contribution is 2.21. The van der Waals surface area contributed by atoms with Crippen LogP contribution in [0.1, 0.15) is 20.8 Å². The number of aliphatic hydroxyl groups excluding tert-OH is 1. The van der Waals surface area contributed by atoms with Gasteiger partial charge in [0.05, 0.1) is 5.57 Å². The number of carbonyl (C=O) groups excluding carboxylic acids is 1. The number of allylic oxidation sites excluding steroid dienone is 2. The minimum atomic E-state index is -0.208. The zero-order chi connectivity index (χ0) is 8.59. The SMILES string of the molecule is CC(O)=C1C(=O)NC(C)=C1C. The first-order chi connectivity index (χ1) is 5.04. The number of rotatable bonds is 0. The Labute approximate surface area is 65.4 Å². The lowest BCUT2D eigenvalue weighted by Gasteiger charge is -1.96. The highest BCUT2D eigenvalue weighted by Gasteiger charge is 2.23. The van der Waals surface area contributed by atoms with Crippen LogP contribution >= 0.6 is 0 Å². The van der Waals surface area contributed by atoms with E-state index in [1.165, 1.54) is 6.92 Å². The Kier molecular flexibility index (Phi) is 1.72. The van der Waals surface area contributed by atoms with Crippen molar-refractivity contribution in [3.8, 4) is 0 Å². The van der Waals surface area contributed by atoms with Gasteiger partial charge in [-0.05, 0) is 26.3 Å². The van der Waals surface area contributed by atoms with E-state index in [1.807, 2.05) is 13.8 Å². The smallest absolute Gasteiger partial charge is 0.259 e. The summed E-state index contributed by atoms with van der Waals surface area (Å²) < 4.78 is 0. The molecule has 0 saturated carbocycles. The summed E-state index contributed by atoms with van der Waals surface area (Å²) in [5.41, 5.74) is 2.05. The van der Waals surface area contributed by atoms with Gasteiger partial charge < -0.3 is 10.4 Å². The maximum atomic E-state index is 11.1. The fraction of sp³-hybridized carbons (Fsp3) is 0.375. The predicted octanol–water partition coefficient (Wildman–Crippen LogP) is 1.24. The molecular formula is C8H11NO2. The maximum Gasteiger partial charge on any atom is 0.259 e. The second-order valence-electron chi connectivity index (χ2n) is 2.66. The van der Waals surface area contributed by atoms with Crippen LogP contribution in [0.3, 0.4) is 0 Å². The Morgan fingerprint density at radius 1 is 1.45 bits per heavy atom. The molecule has 0 unspecified atom stereocenters. The zero-order valence-electron chi connectivity index (χ0n) is 6.86. The van der Waals surface area contributed by atoms with Crippen molar-refractivity contribution in [1.82, 2.24) is 5.32 Å². The van der Waals surface area contributed by atoms with Crippen LogP contribution in [0.5, 0.6) is 0 Å². The average molecular weight is 153 g/mol. The molecule has 0 aromatic carbocycles. The first-order valence-electron chi connectivity index (χ1n) is 3.43. The lowest BCUT2D eigenvalue weighted by molar-refractivity contribution is -0.116. The molecule has 1 amide bonds. The van der Waals surface area contributed by atoms with E-state index < -0.39 is 0 Å². The molecule has 3 nitrogen and oxygen atoms in total. The molecule has 1 aliphatic rings. The van der Waals surface area contributed by atoms with Crippen LogP contribution in [-0.2, 0) is 4.79 Å². The number of hydrogen-bond acceptors (Lipinski definition) is 2. The van der Waals surface area contributed by atoms with Crippen molar-refractivity contribution in [3.63, 3.8) is 0 Å². The quantitative estimate of drug-likeness (QED) is 0.406. The highest BCUT2D eigenvalue weighted by atomic mass is 16.3. The summed E-state index contributed by atoms with van der Waals surface area (Å²) in [7, 11) is 0. The van der Waals surface area contributed by atoms with Gasteiger partial charge in [0.25, 0.3) is 5.91 Å². The van der Waals surface area contributed by atoms with Crippen LogP contribution in [0, 0.1) is 0 Å². The van der Waals surface area contributed by atoms with Gasteiger partial charge in [-0.2, -0.15) is 0 Å². The van der Waals surface area contributed by atoms with Crippen LogP contribution in [0.2, 0.25) is 0 Å². The van der Waals surface area contributed by atoms with Gasteiger partial charge in [-0.1, -0.05) is 0 Å². The molecular weight excluding hydrogens is 142 g/mol. The van der Waals surface area contributed by atoms with Crippen LogP contribution in [0.4, 0.5) is 0 Å². The van der Waals surface area contributed by atoms with Crippen LogP contribution in [0.15, 0.2) is 22.6 Å². The molecule has 11 heavy (non-hydrogen) atoms. The van der Waals surface area contributed by atoms with E-state index in [9.17, 15) is 4.79 Å². The lowest BCUT2D eigenvalue weighted by atomic mass is 10.1. The fourth-order valence-corrected chi connectivity index (χ4v) is 1.12. The number of hydrogen-bond donors (Lipinski definition) is 2. The molecule has 0 bridgehead atoms. The van der Waals surface area contributed by atoms with Crippen LogP contribution < -0.4 is 5.32 Å². The van der Waals surface area contributed by atoms with Crippen LogP contribution in [-0.4, -0.2) is 11.0 Å². The number of aliphatic hydroxyl groups is 1. The van der Waals surface area contributed by atoms with Gasteiger partial charge in [-0.25, -0.2) is 0 Å². The topological polar surface area (TPSA) is 49.3 Å². The van der Waals surface area contributed by atoms with Gasteiger partial charge >= 0.3 is 0 Å². The van der Waals surface area contributed by atoms with Gasteiger partial charge in [-0.3, -0.25) is 4.79 Å². The summed E-state index contributed by atoms with van der Waals surface area (Å²) in [5.74, 6) is -0.128. The molecule has 1 rings (SSSR count). The van der Waals surface area contributed by atoms with E-state index in [2.05, 4.69) is 5.32 Å². The summed E-state index contributed by atoms with van der Waals surface area (Å²) in [5, 5.41) is 11.7. The minimum Gasteiger partial charge on any atom is -0.512 e. The molecule has 1 heterocycles. The molecule has 60 valence electrons. The second kappa shape index (κ2) is 2.42. The average Bonchev–Trinajstić information content (AvgIpc) is 2.07. The summed E-state index contributed by atoms with van der Waals surface area (Å²) in [6.07, 6.45) is 0. The Bertz CT molecular complexity index is 270. The first-order valence-corrected chi connectivity index (χ1v) is 3.43. The summed E-state index contributed by atoms with van der Waals surface area (Å²) in [6.45, 7) is 5.13. The first kappa shape index (κ1) is 7.85. The van der Waals surface area contributed by atoms with Gasteiger partial charge in [0.1, 0.15) is 5.76 Å². The molecule has 0 spiro atoms. The Hall–Kier alpha value is -1.25. The molecule has 0 atom stereocenters. The van der Waals surface area contributed by atoms with Crippen molar-refractivity contribution >= 4 is 5.91 Å². The molecule has 0 radical (unpaired) electrons. The number of carbonyl (C=O) groups is 1. The van der Waals surface area contributed by atoms with E-state index in [0.29, 0.717) is 5.57 Å². The van der Waals surface area contributed by atoms with Crippen molar-refractivity contribution in [2.75, 3.05) is 0 Å². The standard InChI is InChI=1S/C8H11NO2/c1-4-5(2)9-8(11)7(4)6(3)10/h10H,1-3H3,(H,9,11). The van der Waals surface area contributed by atoms with E-state index in [1.54, 1.807) is 0 Å². The van der Waals surface area contributed by atoms with E-state index in [-0.39, 0.29) is 11.7 Å². The molecule has 0 fully saturated rings. The van der Waals surface area contributed by atoms with E-state index in [0.717, 1.165) is 11.3 Å². The zero-order valence-corrected chi connectivity index (χ0v) is 6.86. The molecule has 0 aromatic rings. The van der Waals surface area contributed by atoms with Gasteiger partial charge in [0.15, 0.2) is 0 Å². The normalized spacial score (nSPS) is 22.3. The second-order valence-corrected chi connectivity index (χ2v) is 2.66. The molecule has 0 aromatic heterocycles. The Balaban J connectivity index is 3.18. The van der Waals surface area contributed by atoms with Gasteiger partial charge in [-0.15, -0.1) is 0 Å². The number of nitrogens with one attached hydrogen (secondary N) is 1.